The normalized spacial score (nSPS) is 11.8. The molecule has 0 bridgehead atoms. The van der Waals surface area contributed by atoms with Crippen LogP contribution in [-0.2, 0) is 16.1 Å². The first-order valence-corrected chi connectivity index (χ1v) is 4.90. The fraction of sp³-hybridized carbons (Fsp3) is 0.545. The molecule has 0 saturated heterocycles. The highest BCUT2D eigenvalue weighted by molar-refractivity contribution is 5.79. The quantitative estimate of drug-likeness (QED) is 0.764. The van der Waals surface area contributed by atoms with Crippen LogP contribution in [0.1, 0.15) is 19.4 Å². The number of likely N-dealkylation sites (N-methyl/N-ethyl adjacent to an activating group) is 1. The Morgan fingerprint density at radius 3 is 2.73 bits per heavy atom. The molecule has 0 fully saturated rings. The van der Waals surface area contributed by atoms with Gasteiger partial charge in [0, 0.05) is 18.9 Å². The molecule has 15 heavy (non-hydrogen) atoms. The van der Waals surface area contributed by atoms with Crippen molar-refractivity contribution in [3.05, 3.63) is 24.0 Å². The minimum absolute atomic E-state index is 0.222. The van der Waals surface area contributed by atoms with Gasteiger partial charge >= 0.3 is 5.97 Å². The van der Waals surface area contributed by atoms with Crippen molar-refractivity contribution in [2.24, 2.45) is 0 Å². The molecule has 1 N–H and O–H groups in total. The average Bonchev–Trinajstić information content (AvgIpc) is 2.68. The molecule has 1 aromatic heterocycles. The van der Waals surface area contributed by atoms with Crippen LogP contribution in [0.15, 0.2) is 18.5 Å². The first kappa shape index (κ1) is 11.8. The number of carbonyl (C=O) groups excluding carboxylic acids is 1. The van der Waals surface area contributed by atoms with E-state index in [0.717, 1.165) is 5.56 Å². The minimum atomic E-state index is -0.605. The number of rotatable bonds is 4. The zero-order chi connectivity index (χ0) is 11.5. The maximum absolute atomic E-state index is 11.5. The van der Waals surface area contributed by atoms with Gasteiger partial charge in [0.25, 0.3) is 0 Å². The summed E-state index contributed by atoms with van der Waals surface area (Å²) in [6.07, 6.45) is 3.79. The van der Waals surface area contributed by atoms with Crippen molar-refractivity contribution >= 4 is 5.97 Å². The third-order valence-electron chi connectivity index (χ3n) is 2.72. The Labute approximate surface area is 90.2 Å². The zero-order valence-electron chi connectivity index (χ0n) is 9.70. The number of hydrogen-bond acceptors (Lipinski definition) is 3. The van der Waals surface area contributed by atoms with Gasteiger partial charge in [0.15, 0.2) is 0 Å². The number of nitrogens with one attached hydrogen (secondary N) is 1. The second-order valence-corrected chi connectivity index (χ2v) is 4.13. The molecule has 0 spiro atoms. The lowest BCUT2D eigenvalue weighted by atomic mass is 10.0. The van der Waals surface area contributed by atoms with Crippen molar-refractivity contribution in [2.75, 3.05) is 14.2 Å². The van der Waals surface area contributed by atoms with Crippen LogP contribution < -0.4 is 0 Å². The van der Waals surface area contributed by atoms with E-state index in [1.54, 1.807) is 0 Å². The highest BCUT2D eigenvalue weighted by atomic mass is 16.5. The summed E-state index contributed by atoms with van der Waals surface area (Å²) in [5.74, 6) is -0.222. The van der Waals surface area contributed by atoms with Gasteiger partial charge in [-0.3, -0.25) is 9.69 Å². The minimum Gasteiger partial charge on any atom is -0.468 e. The number of aromatic amines is 1. The number of H-pyrrole nitrogens is 1. The maximum Gasteiger partial charge on any atom is 0.325 e. The lowest BCUT2D eigenvalue weighted by Gasteiger charge is -2.32. The number of aromatic nitrogens is 1. The molecular weight excluding hydrogens is 192 g/mol. The Hall–Kier alpha value is -1.29. The monoisotopic (exact) mass is 210 g/mol. The summed E-state index contributed by atoms with van der Waals surface area (Å²) >= 11 is 0. The third-order valence-corrected chi connectivity index (χ3v) is 2.72. The molecule has 4 nitrogen and oxygen atoms in total. The number of methoxy groups -OCH3 is 1. The van der Waals surface area contributed by atoms with Crippen molar-refractivity contribution in [3.63, 3.8) is 0 Å². The van der Waals surface area contributed by atoms with Gasteiger partial charge in [0.1, 0.15) is 5.54 Å². The Bertz CT molecular complexity index is 317. The topological polar surface area (TPSA) is 45.3 Å². The molecule has 0 saturated carbocycles. The molecule has 1 heterocycles. The molecule has 0 atom stereocenters. The number of carbonyl (C=O) groups is 1. The summed E-state index contributed by atoms with van der Waals surface area (Å²) < 4.78 is 4.77. The van der Waals surface area contributed by atoms with Crippen molar-refractivity contribution < 1.29 is 9.53 Å². The molecule has 0 unspecified atom stereocenters. The van der Waals surface area contributed by atoms with Crippen molar-refractivity contribution in [1.29, 1.82) is 0 Å². The van der Waals surface area contributed by atoms with Gasteiger partial charge in [-0.05, 0) is 32.5 Å². The van der Waals surface area contributed by atoms with Crippen LogP contribution in [0.4, 0.5) is 0 Å². The van der Waals surface area contributed by atoms with Crippen LogP contribution in [0.25, 0.3) is 0 Å². The Balaban J connectivity index is 2.67. The smallest absolute Gasteiger partial charge is 0.325 e. The van der Waals surface area contributed by atoms with E-state index in [2.05, 4.69) is 4.98 Å². The van der Waals surface area contributed by atoms with E-state index in [4.69, 9.17) is 4.74 Å². The summed E-state index contributed by atoms with van der Waals surface area (Å²) in [4.78, 5) is 16.5. The number of hydrogen-bond donors (Lipinski definition) is 1. The summed E-state index contributed by atoms with van der Waals surface area (Å²) in [6.45, 7) is 4.42. The van der Waals surface area contributed by atoms with Crippen molar-refractivity contribution in [3.8, 4) is 0 Å². The average molecular weight is 210 g/mol. The fourth-order valence-electron chi connectivity index (χ4n) is 1.33. The van der Waals surface area contributed by atoms with Crippen molar-refractivity contribution in [2.45, 2.75) is 25.9 Å². The van der Waals surface area contributed by atoms with Gasteiger partial charge in [0.05, 0.1) is 7.11 Å². The van der Waals surface area contributed by atoms with E-state index in [9.17, 15) is 4.79 Å². The predicted molar refractivity (Wildman–Crippen MR) is 58.4 cm³/mol. The van der Waals surface area contributed by atoms with Gasteiger partial charge in [-0.15, -0.1) is 0 Å². The van der Waals surface area contributed by atoms with E-state index in [1.165, 1.54) is 7.11 Å². The van der Waals surface area contributed by atoms with Crippen LogP contribution in [0.5, 0.6) is 0 Å². The van der Waals surface area contributed by atoms with Crippen LogP contribution in [-0.4, -0.2) is 35.5 Å². The van der Waals surface area contributed by atoms with Gasteiger partial charge < -0.3 is 9.72 Å². The summed E-state index contributed by atoms with van der Waals surface area (Å²) in [5.41, 5.74) is 0.543. The third kappa shape index (κ3) is 2.59. The van der Waals surface area contributed by atoms with Gasteiger partial charge in [-0.1, -0.05) is 0 Å². The fourth-order valence-corrected chi connectivity index (χ4v) is 1.33. The maximum atomic E-state index is 11.5. The van der Waals surface area contributed by atoms with Crippen LogP contribution in [0, 0.1) is 0 Å². The predicted octanol–water partition coefficient (Wildman–Crippen LogP) is 1.40. The van der Waals surface area contributed by atoms with Crippen LogP contribution in [0.3, 0.4) is 0 Å². The molecule has 0 aliphatic heterocycles. The second kappa shape index (κ2) is 4.49. The summed E-state index contributed by atoms with van der Waals surface area (Å²) in [6, 6.07) is 1.99. The van der Waals surface area contributed by atoms with Gasteiger partial charge in [-0.25, -0.2) is 0 Å². The molecule has 4 heteroatoms. The summed E-state index contributed by atoms with van der Waals surface area (Å²) in [7, 11) is 3.32. The first-order valence-electron chi connectivity index (χ1n) is 4.90. The Kier molecular flexibility index (Phi) is 3.52. The van der Waals surface area contributed by atoms with Gasteiger partial charge in [0.2, 0.25) is 0 Å². The van der Waals surface area contributed by atoms with Crippen LogP contribution in [0.2, 0.25) is 0 Å². The molecule has 0 aromatic carbocycles. The Morgan fingerprint density at radius 1 is 1.60 bits per heavy atom. The van der Waals surface area contributed by atoms with Crippen molar-refractivity contribution in [1.82, 2.24) is 9.88 Å². The van der Waals surface area contributed by atoms with E-state index >= 15 is 0 Å². The molecule has 84 valence electrons. The largest absolute Gasteiger partial charge is 0.468 e. The highest BCUT2D eigenvalue weighted by Gasteiger charge is 2.33. The van der Waals surface area contributed by atoms with Gasteiger partial charge in [-0.2, -0.15) is 0 Å². The highest BCUT2D eigenvalue weighted by Crippen LogP contribution is 2.16. The number of nitrogens with zero attached hydrogens (tertiary/aromatic N) is 1. The lowest BCUT2D eigenvalue weighted by molar-refractivity contribution is -0.152. The molecule has 0 radical (unpaired) electrons. The summed E-state index contributed by atoms with van der Waals surface area (Å²) in [5, 5.41) is 0. The van der Waals surface area contributed by atoms with E-state index in [0.29, 0.717) is 6.54 Å². The molecule has 1 rings (SSSR count). The molecule has 1 aromatic rings. The SMILES string of the molecule is COC(=O)C(C)(C)N(C)Cc1cc[nH]c1. The van der Waals surface area contributed by atoms with Crippen LogP contribution >= 0.6 is 0 Å². The van der Waals surface area contributed by atoms with E-state index < -0.39 is 5.54 Å². The zero-order valence-corrected chi connectivity index (χ0v) is 9.70. The first-order chi connectivity index (χ1) is 6.98. The molecular formula is C11H18N2O2. The second-order valence-electron chi connectivity index (χ2n) is 4.13. The molecule has 0 amide bonds. The van der Waals surface area contributed by atoms with E-state index in [-0.39, 0.29) is 5.97 Å². The Morgan fingerprint density at radius 2 is 2.27 bits per heavy atom. The number of ether oxygens (including phenoxy) is 1. The number of esters is 1. The molecule has 0 aliphatic rings. The van der Waals surface area contributed by atoms with E-state index in [1.807, 2.05) is 44.3 Å². The standard InChI is InChI=1S/C11H18N2O2/c1-11(2,10(14)15-4)13(3)8-9-5-6-12-7-9/h5-7,12H,8H2,1-4H3. The molecule has 0 aliphatic carbocycles. The lowest BCUT2D eigenvalue weighted by Crippen LogP contribution is -2.48.